The van der Waals surface area contributed by atoms with E-state index in [2.05, 4.69) is 25.9 Å². The Bertz CT molecular complexity index is 708. The number of thioether (sulfide) groups is 1. The van der Waals surface area contributed by atoms with Crippen LogP contribution in [0.1, 0.15) is 5.56 Å². The highest BCUT2D eigenvalue weighted by molar-refractivity contribution is 8.01. The molecule has 0 spiro atoms. The number of aliphatic hydroxyl groups excluding tert-OH is 1. The van der Waals surface area contributed by atoms with Crippen molar-refractivity contribution >= 4 is 22.8 Å². The normalized spacial score (nSPS) is 23.5. The SMILES string of the molecule is CSC=CC1CN(Cc2c[nH]c3c(=O)[nH]cnc23)CC1O. The number of nitrogens with one attached hydrogen (secondary N) is 2. The number of aromatic nitrogens is 3. The Balaban J connectivity index is 1.76. The molecule has 7 heteroatoms. The van der Waals surface area contributed by atoms with Crippen LogP contribution in [0.2, 0.25) is 0 Å². The fraction of sp³-hybridized carbons (Fsp3) is 0.429. The van der Waals surface area contributed by atoms with Crippen LogP contribution in [0.3, 0.4) is 0 Å². The van der Waals surface area contributed by atoms with Gasteiger partial charge in [0, 0.05) is 37.3 Å². The second-order valence-corrected chi connectivity index (χ2v) is 6.00. The van der Waals surface area contributed by atoms with Gasteiger partial charge in [-0.2, -0.15) is 0 Å². The monoisotopic (exact) mass is 306 g/mol. The lowest BCUT2D eigenvalue weighted by Gasteiger charge is -2.13. The summed E-state index contributed by atoms with van der Waals surface area (Å²) in [6.45, 7) is 2.13. The number of aromatic amines is 2. The highest BCUT2D eigenvalue weighted by Gasteiger charge is 2.29. The van der Waals surface area contributed by atoms with Crippen molar-refractivity contribution in [1.29, 1.82) is 0 Å². The molecule has 0 aliphatic carbocycles. The number of aliphatic hydroxyl groups is 1. The second-order valence-electron chi connectivity index (χ2n) is 5.26. The van der Waals surface area contributed by atoms with Gasteiger partial charge >= 0.3 is 0 Å². The molecule has 0 saturated carbocycles. The fourth-order valence-electron chi connectivity index (χ4n) is 2.76. The smallest absolute Gasteiger partial charge is 0.275 e. The van der Waals surface area contributed by atoms with Crippen molar-refractivity contribution < 1.29 is 5.11 Å². The van der Waals surface area contributed by atoms with E-state index in [0.29, 0.717) is 24.1 Å². The summed E-state index contributed by atoms with van der Waals surface area (Å²) in [5.74, 6) is 0.166. The lowest BCUT2D eigenvalue weighted by atomic mass is 10.1. The van der Waals surface area contributed by atoms with Crippen LogP contribution >= 0.6 is 11.8 Å². The van der Waals surface area contributed by atoms with E-state index >= 15 is 0 Å². The van der Waals surface area contributed by atoms with E-state index in [4.69, 9.17) is 0 Å². The molecule has 2 aromatic heterocycles. The summed E-state index contributed by atoms with van der Waals surface area (Å²) in [6, 6.07) is 0. The molecule has 2 atom stereocenters. The van der Waals surface area contributed by atoms with Crippen molar-refractivity contribution in [2.45, 2.75) is 12.6 Å². The molecule has 0 radical (unpaired) electrons. The Kier molecular flexibility index (Phi) is 4.14. The molecule has 2 unspecified atom stereocenters. The molecule has 21 heavy (non-hydrogen) atoms. The van der Waals surface area contributed by atoms with Gasteiger partial charge in [0.2, 0.25) is 0 Å². The summed E-state index contributed by atoms with van der Waals surface area (Å²) in [4.78, 5) is 23.6. The average Bonchev–Trinajstić information content (AvgIpc) is 3.02. The largest absolute Gasteiger partial charge is 0.391 e. The van der Waals surface area contributed by atoms with Crippen LogP contribution in [0.25, 0.3) is 11.0 Å². The molecule has 0 bridgehead atoms. The predicted octanol–water partition coefficient (Wildman–Crippen LogP) is 0.921. The maximum absolute atomic E-state index is 11.7. The molecule has 6 nitrogen and oxygen atoms in total. The van der Waals surface area contributed by atoms with E-state index < -0.39 is 0 Å². The molecule has 2 aromatic rings. The highest BCUT2D eigenvalue weighted by Crippen LogP contribution is 2.23. The maximum Gasteiger partial charge on any atom is 0.275 e. The Morgan fingerprint density at radius 2 is 2.38 bits per heavy atom. The van der Waals surface area contributed by atoms with Gasteiger partial charge in [-0.05, 0) is 11.7 Å². The van der Waals surface area contributed by atoms with E-state index in [0.717, 1.165) is 12.1 Å². The van der Waals surface area contributed by atoms with Gasteiger partial charge in [0.25, 0.3) is 5.56 Å². The average molecular weight is 306 g/mol. The number of fused-ring (bicyclic) bond motifs is 1. The zero-order valence-electron chi connectivity index (χ0n) is 11.7. The third-order valence-corrected chi connectivity index (χ3v) is 4.24. The summed E-state index contributed by atoms with van der Waals surface area (Å²) < 4.78 is 0. The predicted molar refractivity (Wildman–Crippen MR) is 84.1 cm³/mol. The van der Waals surface area contributed by atoms with Crippen molar-refractivity contribution in [3.05, 3.63) is 39.9 Å². The molecule has 1 fully saturated rings. The van der Waals surface area contributed by atoms with Crippen LogP contribution in [0.5, 0.6) is 0 Å². The van der Waals surface area contributed by atoms with E-state index in [1.165, 1.54) is 6.33 Å². The van der Waals surface area contributed by atoms with Gasteiger partial charge < -0.3 is 15.1 Å². The number of nitrogens with zero attached hydrogens (tertiary/aromatic N) is 2. The third-order valence-electron chi connectivity index (χ3n) is 3.81. The number of likely N-dealkylation sites (tertiary alicyclic amines) is 1. The second kappa shape index (κ2) is 6.05. The number of hydrogen-bond acceptors (Lipinski definition) is 5. The van der Waals surface area contributed by atoms with Crippen LogP contribution in [0, 0.1) is 5.92 Å². The zero-order chi connectivity index (χ0) is 14.8. The first kappa shape index (κ1) is 14.4. The summed E-state index contributed by atoms with van der Waals surface area (Å²) >= 11 is 1.64. The minimum atomic E-state index is -0.338. The van der Waals surface area contributed by atoms with Crippen molar-refractivity contribution in [1.82, 2.24) is 19.9 Å². The number of β-amino-alcohol motifs (C(OH)–C–C–N with tert-alkyl or cyclic N) is 1. The number of hydrogen-bond donors (Lipinski definition) is 3. The minimum Gasteiger partial charge on any atom is -0.391 e. The van der Waals surface area contributed by atoms with Crippen molar-refractivity contribution in [2.75, 3.05) is 19.3 Å². The summed E-state index contributed by atoms with van der Waals surface area (Å²) in [6.07, 6.45) is 6.97. The van der Waals surface area contributed by atoms with Gasteiger partial charge in [-0.1, -0.05) is 6.08 Å². The Hall–Kier alpha value is -1.57. The van der Waals surface area contributed by atoms with Gasteiger partial charge in [-0.15, -0.1) is 11.8 Å². The Labute approximate surface area is 126 Å². The van der Waals surface area contributed by atoms with Gasteiger partial charge in [0.15, 0.2) is 0 Å². The van der Waals surface area contributed by atoms with Crippen LogP contribution in [0.15, 0.2) is 28.8 Å². The molecule has 3 heterocycles. The van der Waals surface area contributed by atoms with Gasteiger partial charge in [0.1, 0.15) is 5.52 Å². The highest BCUT2D eigenvalue weighted by atomic mass is 32.2. The quantitative estimate of drug-likeness (QED) is 0.782. The molecule has 3 N–H and O–H groups in total. The van der Waals surface area contributed by atoms with E-state index in [9.17, 15) is 9.90 Å². The summed E-state index contributed by atoms with van der Waals surface area (Å²) in [7, 11) is 0. The molecule has 1 aliphatic heterocycles. The van der Waals surface area contributed by atoms with Crippen LogP contribution < -0.4 is 5.56 Å². The van der Waals surface area contributed by atoms with Crippen LogP contribution in [-0.2, 0) is 6.54 Å². The molecule has 0 aromatic carbocycles. The summed E-state index contributed by atoms with van der Waals surface area (Å²) in [5, 5.41) is 12.1. The van der Waals surface area contributed by atoms with Gasteiger partial charge in [-0.25, -0.2) is 4.98 Å². The Morgan fingerprint density at radius 3 is 3.19 bits per heavy atom. The molecular weight excluding hydrogens is 288 g/mol. The van der Waals surface area contributed by atoms with Gasteiger partial charge in [-0.3, -0.25) is 9.69 Å². The number of rotatable bonds is 4. The molecular formula is C14H18N4O2S. The molecule has 0 amide bonds. The van der Waals surface area contributed by atoms with Crippen LogP contribution in [0.4, 0.5) is 0 Å². The zero-order valence-corrected chi connectivity index (χ0v) is 12.6. The first-order valence-electron chi connectivity index (χ1n) is 6.82. The van der Waals surface area contributed by atoms with Crippen molar-refractivity contribution in [3.63, 3.8) is 0 Å². The third kappa shape index (κ3) is 2.90. The van der Waals surface area contributed by atoms with E-state index in [1.54, 1.807) is 11.8 Å². The number of H-pyrrole nitrogens is 2. The first-order chi connectivity index (χ1) is 10.2. The van der Waals surface area contributed by atoms with Crippen LogP contribution in [-0.4, -0.2) is 50.4 Å². The molecule has 1 saturated heterocycles. The Morgan fingerprint density at radius 1 is 1.52 bits per heavy atom. The molecule has 3 rings (SSSR count). The van der Waals surface area contributed by atoms with E-state index in [1.807, 2.05) is 17.9 Å². The maximum atomic E-state index is 11.7. The van der Waals surface area contributed by atoms with E-state index in [-0.39, 0.29) is 17.6 Å². The lowest BCUT2D eigenvalue weighted by molar-refractivity contribution is 0.156. The topological polar surface area (TPSA) is 85.0 Å². The fourth-order valence-corrected chi connectivity index (χ4v) is 3.12. The summed E-state index contributed by atoms with van der Waals surface area (Å²) in [5.41, 5.74) is 2.04. The molecule has 1 aliphatic rings. The lowest BCUT2D eigenvalue weighted by Crippen LogP contribution is -2.21. The van der Waals surface area contributed by atoms with Gasteiger partial charge in [0.05, 0.1) is 17.9 Å². The standard InChI is InChI=1S/C14H18N4O2S/c1-21-3-2-9-5-18(7-11(9)19)6-10-4-15-13-12(10)16-8-17-14(13)20/h2-4,8-9,11,15,19H,5-7H2,1H3,(H,16,17,20). The van der Waals surface area contributed by atoms with Crippen molar-refractivity contribution in [3.8, 4) is 0 Å². The van der Waals surface area contributed by atoms with Crippen molar-refractivity contribution in [2.24, 2.45) is 5.92 Å². The minimum absolute atomic E-state index is 0.159. The molecule has 112 valence electrons. The first-order valence-corrected chi connectivity index (χ1v) is 8.11.